The van der Waals surface area contributed by atoms with E-state index in [0.29, 0.717) is 16.0 Å². The van der Waals surface area contributed by atoms with Crippen molar-refractivity contribution in [3.05, 3.63) is 46.6 Å². The number of aromatic nitrogens is 3. The first-order valence-electron chi connectivity index (χ1n) is 4.87. The SMILES string of the molecule is Cc1ccc(C(=O)Nc2cnc(Br)cn2)cn1. The zero-order valence-corrected chi connectivity index (χ0v) is 10.6. The topological polar surface area (TPSA) is 67.8 Å². The fourth-order valence-corrected chi connectivity index (χ4v) is 1.37. The Kier molecular flexibility index (Phi) is 3.43. The molecule has 0 bridgehead atoms. The van der Waals surface area contributed by atoms with E-state index in [2.05, 4.69) is 36.2 Å². The van der Waals surface area contributed by atoms with Gasteiger partial charge >= 0.3 is 0 Å². The summed E-state index contributed by atoms with van der Waals surface area (Å²) in [5, 5.41) is 2.63. The molecule has 2 heterocycles. The highest BCUT2D eigenvalue weighted by molar-refractivity contribution is 9.10. The molecular weight excluding hydrogens is 284 g/mol. The van der Waals surface area contributed by atoms with Gasteiger partial charge in [0, 0.05) is 11.9 Å². The Morgan fingerprint density at radius 1 is 1.18 bits per heavy atom. The maximum atomic E-state index is 11.8. The van der Waals surface area contributed by atoms with Gasteiger partial charge in [0.15, 0.2) is 5.82 Å². The molecule has 0 aromatic carbocycles. The van der Waals surface area contributed by atoms with Crippen molar-refractivity contribution in [3.63, 3.8) is 0 Å². The maximum absolute atomic E-state index is 11.8. The maximum Gasteiger partial charge on any atom is 0.258 e. The zero-order chi connectivity index (χ0) is 12.3. The Balaban J connectivity index is 2.11. The van der Waals surface area contributed by atoms with Gasteiger partial charge in [0.25, 0.3) is 5.91 Å². The number of nitrogens with one attached hydrogen (secondary N) is 1. The van der Waals surface area contributed by atoms with Crippen molar-refractivity contribution in [1.29, 1.82) is 0 Å². The van der Waals surface area contributed by atoms with E-state index < -0.39 is 0 Å². The minimum absolute atomic E-state index is 0.255. The molecule has 0 aliphatic carbocycles. The quantitative estimate of drug-likeness (QED) is 0.921. The molecule has 17 heavy (non-hydrogen) atoms. The summed E-state index contributed by atoms with van der Waals surface area (Å²) >= 11 is 3.17. The molecular formula is C11H9BrN4O. The molecule has 1 amide bonds. The van der Waals surface area contributed by atoms with Crippen LogP contribution in [0.4, 0.5) is 5.82 Å². The molecule has 6 heteroatoms. The number of hydrogen-bond acceptors (Lipinski definition) is 4. The number of hydrogen-bond donors (Lipinski definition) is 1. The van der Waals surface area contributed by atoms with Crippen LogP contribution in [0.1, 0.15) is 16.1 Å². The molecule has 2 aromatic rings. The monoisotopic (exact) mass is 292 g/mol. The number of halogens is 1. The third-order valence-corrected chi connectivity index (χ3v) is 2.44. The number of rotatable bonds is 2. The molecule has 86 valence electrons. The van der Waals surface area contributed by atoms with Crippen molar-refractivity contribution in [2.24, 2.45) is 0 Å². The Labute approximate surface area is 106 Å². The van der Waals surface area contributed by atoms with E-state index in [0.717, 1.165) is 5.69 Å². The molecule has 0 spiro atoms. The summed E-state index contributed by atoms with van der Waals surface area (Å²) in [6, 6.07) is 3.49. The zero-order valence-electron chi connectivity index (χ0n) is 9.01. The lowest BCUT2D eigenvalue weighted by Crippen LogP contribution is -2.13. The molecule has 0 atom stereocenters. The molecule has 2 aromatic heterocycles. The van der Waals surface area contributed by atoms with E-state index in [1.54, 1.807) is 12.1 Å². The summed E-state index contributed by atoms with van der Waals surface area (Å²) in [6.07, 6.45) is 4.52. The average Bonchev–Trinajstić information content (AvgIpc) is 2.33. The van der Waals surface area contributed by atoms with Gasteiger partial charge in [-0.05, 0) is 35.0 Å². The smallest absolute Gasteiger partial charge is 0.258 e. The normalized spacial score (nSPS) is 10.0. The predicted molar refractivity (Wildman–Crippen MR) is 66.7 cm³/mol. The second kappa shape index (κ2) is 5.01. The number of amides is 1. The first-order valence-corrected chi connectivity index (χ1v) is 5.66. The molecule has 0 fully saturated rings. The molecule has 2 rings (SSSR count). The molecule has 0 aliphatic heterocycles. The van der Waals surface area contributed by atoms with E-state index in [9.17, 15) is 4.79 Å². The summed E-state index contributed by atoms with van der Waals surface area (Å²) in [5.41, 5.74) is 1.35. The second-order valence-electron chi connectivity index (χ2n) is 3.37. The molecule has 0 aliphatic rings. The second-order valence-corrected chi connectivity index (χ2v) is 4.18. The molecule has 0 saturated carbocycles. The fourth-order valence-electron chi connectivity index (χ4n) is 1.17. The number of aryl methyl sites for hydroxylation is 1. The lowest BCUT2D eigenvalue weighted by Gasteiger charge is -2.03. The van der Waals surface area contributed by atoms with Gasteiger partial charge < -0.3 is 5.32 Å². The van der Waals surface area contributed by atoms with Crippen LogP contribution in [0.25, 0.3) is 0 Å². The molecule has 5 nitrogen and oxygen atoms in total. The number of carbonyl (C=O) groups excluding carboxylic acids is 1. The lowest BCUT2D eigenvalue weighted by molar-refractivity contribution is 0.102. The van der Waals surface area contributed by atoms with Crippen LogP contribution >= 0.6 is 15.9 Å². The fraction of sp³-hybridized carbons (Fsp3) is 0.0909. The highest BCUT2D eigenvalue weighted by atomic mass is 79.9. The number of nitrogens with zero attached hydrogens (tertiary/aromatic N) is 3. The average molecular weight is 293 g/mol. The highest BCUT2D eigenvalue weighted by Crippen LogP contribution is 2.08. The minimum Gasteiger partial charge on any atom is -0.305 e. The summed E-state index contributed by atoms with van der Waals surface area (Å²) in [7, 11) is 0. The first-order chi connectivity index (χ1) is 8.15. The van der Waals surface area contributed by atoms with Crippen LogP contribution in [0.2, 0.25) is 0 Å². The summed E-state index contributed by atoms with van der Waals surface area (Å²) < 4.78 is 0.618. The van der Waals surface area contributed by atoms with Gasteiger partial charge in [-0.15, -0.1) is 0 Å². The Hall–Kier alpha value is -1.82. The van der Waals surface area contributed by atoms with E-state index in [4.69, 9.17) is 0 Å². The molecule has 0 radical (unpaired) electrons. The highest BCUT2D eigenvalue weighted by Gasteiger charge is 2.06. The van der Waals surface area contributed by atoms with Crippen LogP contribution in [0, 0.1) is 6.92 Å². The predicted octanol–water partition coefficient (Wildman–Crippen LogP) is 2.19. The van der Waals surface area contributed by atoms with Crippen molar-refractivity contribution in [1.82, 2.24) is 15.0 Å². The van der Waals surface area contributed by atoms with Crippen molar-refractivity contribution in [3.8, 4) is 0 Å². The van der Waals surface area contributed by atoms with E-state index >= 15 is 0 Å². The molecule has 0 unspecified atom stereocenters. The van der Waals surface area contributed by atoms with Crippen molar-refractivity contribution >= 4 is 27.7 Å². The third kappa shape index (κ3) is 3.07. The van der Waals surface area contributed by atoms with Crippen molar-refractivity contribution < 1.29 is 4.79 Å². The van der Waals surface area contributed by atoms with E-state index in [1.807, 2.05) is 6.92 Å². The number of carbonyl (C=O) groups is 1. The number of pyridine rings is 1. The van der Waals surface area contributed by atoms with Crippen molar-refractivity contribution in [2.75, 3.05) is 5.32 Å². The summed E-state index contributed by atoms with van der Waals surface area (Å²) in [4.78, 5) is 23.8. The van der Waals surface area contributed by atoms with Gasteiger partial charge in [-0.1, -0.05) is 0 Å². The summed E-state index contributed by atoms with van der Waals surface area (Å²) in [5.74, 6) is 0.146. The van der Waals surface area contributed by atoms with Gasteiger partial charge in [-0.25, -0.2) is 9.97 Å². The van der Waals surface area contributed by atoms with E-state index in [1.165, 1.54) is 18.6 Å². The van der Waals surface area contributed by atoms with Gasteiger partial charge in [-0.2, -0.15) is 0 Å². The Morgan fingerprint density at radius 3 is 2.59 bits per heavy atom. The third-order valence-electron chi connectivity index (χ3n) is 2.04. The van der Waals surface area contributed by atoms with Gasteiger partial charge in [0.2, 0.25) is 0 Å². The first kappa shape index (κ1) is 11.7. The van der Waals surface area contributed by atoms with Gasteiger partial charge in [0.05, 0.1) is 18.0 Å². The van der Waals surface area contributed by atoms with Crippen LogP contribution in [-0.2, 0) is 0 Å². The van der Waals surface area contributed by atoms with Crippen LogP contribution in [-0.4, -0.2) is 20.9 Å². The van der Waals surface area contributed by atoms with Crippen LogP contribution in [0.3, 0.4) is 0 Å². The van der Waals surface area contributed by atoms with Gasteiger partial charge in [-0.3, -0.25) is 9.78 Å². The van der Waals surface area contributed by atoms with Gasteiger partial charge in [0.1, 0.15) is 4.60 Å². The Bertz CT molecular complexity index is 524. The number of anilines is 1. The molecule has 0 saturated heterocycles. The standard InChI is InChI=1S/C11H9BrN4O/c1-7-2-3-8(4-13-7)11(17)16-10-6-14-9(12)5-15-10/h2-6H,1H3,(H,15,16,17). The summed E-state index contributed by atoms with van der Waals surface area (Å²) in [6.45, 7) is 1.86. The van der Waals surface area contributed by atoms with Crippen LogP contribution in [0.5, 0.6) is 0 Å². The lowest BCUT2D eigenvalue weighted by atomic mass is 10.2. The largest absolute Gasteiger partial charge is 0.305 e. The van der Waals surface area contributed by atoms with Crippen molar-refractivity contribution in [2.45, 2.75) is 6.92 Å². The Morgan fingerprint density at radius 2 is 2.00 bits per heavy atom. The molecule has 1 N–H and O–H groups in total. The van der Waals surface area contributed by atoms with Crippen LogP contribution < -0.4 is 5.32 Å². The van der Waals surface area contributed by atoms with E-state index in [-0.39, 0.29) is 5.91 Å². The minimum atomic E-state index is -0.255. The van der Waals surface area contributed by atoms with Crippen LogP contribution in [0.15, 0.2) is 35.3 Å².